The highest BCUT2D eigenvalue weighted by Gasteiger charge is 2.25. The van der Waals surface area contributed by atoms with E-state index in [1.807, 2.05) is 13.8 Å². The number of methoxy groups -OCH3 is 6. The molecule has 1 unspecified atom stereocenters. The number of rotatable bonds is 13. The van der Waals surface area contributed by atoms with Crippen molar-refractivity contribution in [2.45, 2.75) is 26.5 Å². The average Bonchev–Trinajstić information content (AvgIpc) is 2.95. The van der Waals surface area contributed by atoms with Crippen molar-refractivity contribution in [1.82, 2.24) is 14.5 Å². The molecule has 0 saturated heterocycles. The van der Waals surface area contributed by atoms with E-state index in [2.05, 4.69) is 4.90 Å². The molecule has 1 atom stereocenters. The quantitative estimate of drug-likeness (QED) is 0.353. The second kappa shape index (κ2) is 12.7. The van der Waals surface area contributed by atoms with Gasteiger partial charge in [-0.1, -0.05) is 13.8 Å². The lowest BCUT2D eigenvalue weighted by molar-refractivity contribution is 0.102. The van der Waals surface area contributed by atoms with Crippen LogP contribution in [0.15, 0.2) is 23.0 Å². The molecule has 1 N–H and O–H groups in total. The number of aromatic nitrogens is 2. The molecule has 2 aromatic carbocycles. The van der Waals surface area contributed by atoms with Gasteiger partial charge in [-0.2, -0.15) is 0 Å². The van der Waals surface area contributed by atoms with Crippen LogP contribution in [-0.2, 0) is 6.54 Å². The minimum atomic E-state index is -0.838. The monoisotopic (exact) mass is 531 g/mol. The number of fused-ring (bicyclic) bond motifs is 1. The Balaban J connectivity index is 2.39. The molecule has 0 aliphatic carbocycles. The topological polar surface area (TPSA) is 114 Å². The highest BCUT2D eigenvalue weighted by atomic mass is 16.5. The Labute approximate surface area is 222 Å². The number of aliphatic hydroxyl groups is 1. The van der Waals surface area contributed by atoms with Crippen LogP contribution < -0.4 is 34.0 Å². The Morgan fingerprint density at radius 1 is 0.816 bits per heavy atom. The van der Waals surface area contributed by atoms with Crippen LogP contribution in [0, 0.1) is 0 Å². The van der Waals surface area contributed by atoms with Crippen molar-refractivity contribution in [2.75, 3.05) is 62.3 Å². The van der Waals surface area contributed by atoms with Crippen molar-refractivity contribution in [2.24, 2.45) is 0 Å². The van der Waals surface area contributed by atoms with E-state index in [1.165, 1.54) is 47.2 Å². The first-order chi connectivity index (χ1) is 18.3. The average molecular weight is 532 g/mol. The first kappa shape index (κ1) is 28.9. The van der Waals surface area contributed by atoms with Crippen molar-refractivity contribution in [1.29, 1.82) is 0 Å². The third-order valence-corrected chi connectivity index (χ3v) is 6.43. The number of nitrogens with zero attached hydrogens (tertiary/aromatic N) is 3. The fourth-order valence-corrected chi connectivity index (χ4v) is 4.47. The maximum atomic E-state index is 14.0. The van der Waals surface area contributed by atoms with E-state index in [4.69, 9.17) is 33.4 Å². The van der Waals surface area contributed by atoms with E-state index in [0.717, 1.165) is 13.1 Å². The van der Waals surface area contributed by atoms with E-state index in [1.54, 1.807) is 18.2 Å². The van der Waals surface area contributed by atoms with E-state index >= 15 is 0 Å². The molecule has 0 aliphatic rings. The minimum absolute atomic E-state index is 0.000920. The van der Waals surface area contributed by atoms with Crippen molar-refractivity contribution in [3.05, 3.63) is 28.6 Å². The fourth-order valence-electron chi connectivity index (χ4n) is 4.47. The van der Waals surface area contributed by atoms with Crippen LogP contribution in [0.3, 0.4) is 0 Å². The van der Waals surface area contributed by atoms with Crippen LogP contribution in [0.5, 0.6) is 34.5 Å². The number of ether oxygens (including phenoxy) is 6. The molecule has 11 nitrogen and oxygen atoms in total. The van der Waals surface area contributed by atoms with Gasteiger partial charge in [0.05, 0.1) is 60.7 Å². The Bertz CT molecular complexity index is 1300. The van der Waals surface area contributed by atoms with Crippen LogP contribution in [0.25, 0.3) is 22.3 Å². The third-order valence-electron chi connectivity index (χ3n) is 6.43. The van der Waals surface area contributed by atoms with Gasteiger partial charge in [0.25, 0.3) is 5.56 Å². The largest absolute Gasteiger partial charge is 0.493 e. The summed E-state index contributed by atoms with van der Waals surface area (Å²) in [6.07, 6.45) is -0.838. The summed E-state index contributed by atoms with van der Waals surface area (Å²) in [6.45, 7) is 5.97. The van der Waals surface area contributed by atoms with Crippen molar-refractivity contribution >= 4 is 10.9 Å². The van der Waals surface area contributed by atoms with Gasteiger partial charge in [0, 0.05) is 12.1 Å². The Morgan fingerprint density at radius 3 is 1.82 bits per heavy atom. The van der Waals surface area contributed by atoms with E-state index < -0.39 is 6.10 Å². The van der Waals surface area contributed by atoms with Gasteiger partial charge in [-0.25, -0.2) is 4.98 Å². The zero-order valence-electron chi connectivity index (χ0n) is 23.3. The van der Waals surface area contributed by atoms with Crippen molar-refractivity contribution < 1.29 is 33.5 Å². The van der Waals surface area contributed by atoms with Gasteiger partial charge in [-0.15, -0.1) is 0 Å². The summed E-state index contributed by atoms with van der Waals surface area (Å²) in [5.74, 6) is 2.36. The lowest BCUT2D eigenvalue weighted by Crippen LogP contribution is -2.37. The lowest BCUT2D eigenvalue weighted by atomic mass is 10.1. The number of aliphatic hydroxyl groups excluding tert-OH is 1. The smallest absolute Gasteiger partial charge is 0.262 e. The highest BCUT2D eigenvalue weighted by molar-refractivity contribution is 5.90. The van der Waals surface area contributed by atoms with E-state index in [-0.39, 0.29) is 34.6 Å². The SMILES string of the molecule is CCN(CC)CC(O)Cn1c(-c2cc(OC)c(OC)c(OC)c2)nc2c(OC)c(OC)c(OC)cc2c1=O. The molecule has 0 spiro atoms. The minimum Gasteiger partial charge on any atom is -0.493 e. The van der Waals surface area contributed by atoms with Gasteiger partial charge in [0.2, 0.25) is 11.5 Å². The van der Waals surface area contributed by atoms with Crippen LogP contribution in [-0.4, -0.2) is 88.0 Å². The maximum absolute atomic E-state index is 14.0. The summed E-state index contributed by atoms with van der Waals surface area (Å²) in [4.78, 5) is 21.0. The lowest BCUT2D eigenvalue weighted by Gasteiger charge is -2.24. The molecule has 38 heavy (non-hydrogen) atoms. The molecule has 208 valence electrons. The number of hydrogen-bond acceptors (Lipinski definition) is 10. The summed E-state index contributed by atoms with van der Waals surface area (Å²) in [5, 5.41) is 11.3. The third kappa shape index (κ3) is 5.44. The van der Waals surface area contributed by atoms with Gasteiger partial charge >= 0.3 is 0 Å². The fraction of sp³-hybridized carbons (Fsp3) is 0.481. The van der Waals surface area contributed by atoms with Crippen LogP contribution in [0.2, 0.25) is 0 Å². The van der Waals surface area contributed by atoms with Gasteiger partial charge in [-0.05, 0) is 31.3 Å². The predicted octanol–water partition coefficient (Wildman–Crippen LogP) is 2.82. The normalized spacial score (nSPS) is 11.9. The van der Waals surface area contributed by atoms with Crippen molar-refractivity contribution in [3.8, 4) is 45.9 Å². The summed E-state index contributed by atoms with van der Waals surface area (Å²) in [6, 6.07) is 4.98. The molecule has 0 saturated carbocycles. The summed E-state index contributed by atoms with van der Waals surface area (Å²) in [5.41, 5.74) is 0.426. The van der Waals surface area contributed by atoms with Crippen LogP contribution >= 0.6 is 0 Å². The Kier molecular flexibility index (Phi) is 9.65. The molecule has 1 aromatic heterocycles. The molecule has 0 amide bonds. The second-order valence-electron chi connectivity index (χ2n) is 8.45. The summed E-state index contributed by atoms with van der Waals surface area (Å²) >= 11 is 0. The predicted molar refractivity (Wildman–Crippen MR) is 145 cm³/mol. The standard InChI is InChI=1S/C27H37N3O8/c1-9-29(10-2)14-17(31)15-30-26(16-11-19(33-3)23(36-6)20(12-16)34-4)28-22-18(27(30)32)13-21(35-5)24(37-7)25(22)38-8/h11-13,17,31H,9-10,14-15H2,1-8H3. The Morgan fingerprint density at radius 2 is 1.34 bits per heavy atom. The zero-order chi connectivity index (χ0) is 28.0. The van der Waals surface area contributed by atoms with Crippen LogP contribution in [0.4, 0.5) is 0 Å². The Hall–Kier alpha value is -3.70. The van der Waals surface area contributed by atoms with E-state index in [9.17, 15) is 9.90 Å². The second-order valence-corrected chi connectivity index (χ2v) is 8.45. The van der Waals surface area contributed by atoms with Gasteiger partial charge in [0.15, 0.2) is 23.0 Å². The van der Waals surface area contributed by atoms with Gasteiger partial charge < -0.3 is 38.4 Å². The number of benzene rings is 2. The van der Waals surface area contributed by atoms with Crippen molar-refractivity contribution in [3.63, 3.8) is 0 Å². The molecule has 0 bridgehead atoms. The molecule has 1 heterocycles. The first-order valence-electron chi connectivity index (χ1n) is 12.3. The molecule has 3 rings (SSSR count). The van der Waals surface area contributed by atoms with Gasteiger partial charge in [-0.3, -0.25) is 9.36 Å². The molecule has 0 radical (unpaired) electrons. The van der Waals surface area contributed by atoms with Crippen LogP contribution in [0.1, 0.15) is 13.8 Å². The van der Waals surface area contributed by atoms with E-state index in [0.29, 0.717) is 40.9 Å². The zero-order valence-corrected chi connectivity index (χ0v) is 23.3. The number of likely N-dealkylation sites (N-methyl/N-ethyl adjacent to an activating group) is 1. The molecular weight excluding hydrogens is 494 g/mol. The first-order valence-corrected chi connectivity index (χ1v) is 12.3. The maximum Gasteiger partial charge on any atom is 0.262 e. The van der Waals surface area contributed by atoms with Gasteiger partial charge in [0.1, 0.15) is 11.3 Å². The summed E-state index contributed by atoms with van der Waals surface area (Å²) in [7, 11) is 8.96. The molecule has 0 fully saturated rings. The molecule has 0 aliphatic heterocycles. The number of hydrogen-bond donors (Lipinski definition) is 1. The summed E-state index contributed by atoms with van der Waals surface area (Å²) < 4.78 is 34.6. The highest BCUT2D eigenvalue weighted by Crippen LogP contribution is 2.44. The molecule has 11 heteroatoms. The molecular formula is C27H37N3O8. The molecule has 3 aromatic rings.